The van der Waals surface area contributed by atoms with Gasteiger partial charge in [0.15, 0.2) is 0 Å². The Balaban J connectivity index is 1.64. The summed E-state index contributed by atoms with van der Waals surface area (Å²) in [5.74, 6) is 0. The van der Waals surface area contributed by atoms with Crippen LogP contribution >= 0.6 is 11.3 Å². The number of hydrogen-bond acceptors (Lipinski definition) is 5. The van der Waals surface area contributed by atoms with E-state index in [1.165, 1.54) is 17.7 Å². The third-order valence-corrected chi connectivity index (χ3v) is 4.69. The number of imidazole rings is 1. The van der Waals surface area contributed by atoms with Crippen LogP contribution in [-0.2, 0) is 13.5 Å². The van der Waals surface area contributed by atoms with Crippen LogP contribution in [-0.4, -0.2) is 24.4 Å². The number of aromatic nitrogens is 5. The average Bonchev–Trinajstić information content (AvgIpc) is 3.04. The van der Waals surface area contributed by atoms with E-state index in [0.717, 1.165) is 28.6 Å². The molecule has 0 fully saturated rings. The molecule has 20 heavy (non-hydrogen) atoms. The monoisotopic (exact) mass is 288 g/mol. The predicted molar refractivity (Wildman–Crippen MR) is 78.1 cm³/mol. The summed E-state index contributed by atoms with van der Waals surface area (Å²) in [5.41, 5.74) is 3.65. The van der Waals surface area contributed by atoms with Gasteiger partial charge < -0.3 is 5.32 Å². The third-order valence-electron chi connectivity index (χ3n) is 3.84. The van der Waals surface area contributed by atoms with Gasteiger partial charge in [-0.05, 0) is 26.2 Å². The normalized spacial score (nSPS) is 18.4. The Labute approximate surface area is 120 Å². The molecule has 1 N–H and O–H groups in total. The molecule has 3 aromatic rings. The van der Waals surface area contributed by atoms with Gasteiger partial charge in [0.25, 0.3) is 0 Å². The zero-order valence-corrected chi connectivity index (χ0v) is 12.3. The van der Waals surface area contributed by atoms with Crippen LogP contribution in [0, 0.1) is 6.92 Å². The molecule has 0 amide bonds. The molecule has 6 nitrogen and oxygen atoms in total. The van der Waals surface area contributed by atoms with E-state index >= 15 is 0 Å². The van der Waals surface area contributed by atoms with Crippen molar-refractivity contribution in [2.75, 3.05) is 5.32 Å². The van der Waals surface area contributed by atoms with Gasteiger partial charge >= 0.3 is 0 Å². The Bertz CT molecular complexity index is 736. The quantitative estimate of drug-likeness (QED) is 0.786. The second-order valence-corrected chi connectivity index (χ2v) is 6.23. The van der Waals surface area contributed by atoms with Gasteiger partial charge in [0.1, 0.15) is 0 Å². The maximum Gasteiger partial charge on any atom is 0.214 e. The van der Waals surface area contributed by atoms with Gasteiger partial charge in [-0.3, -0.25) is 4.68 Å². The lowest BCUT2D eigenvalue weighted by atomic mass is 9.93. The smallest absolute Gasteiger partial charge is 0.214 e. The van der Waals surface area contributed by atoms with E-state index in [-0.39, 0.29) is 0 Å². The van der Waals surface area contributed by atoms with Gasteiger partial charge in [0.2, 0.25) is 10.1 Å². The molecule has 0 spiro atoms. The Morgan fingerprint density at radius 2 is 2.35 bits per heavy atom. The number of rotatable bonds is 2. The maximum atomic E-state index is 4.54. The molecule has 1 aliphatic rings. The van der Waals surface area contributed by atoms with Crippen LogP contribution in [0.25, 0.3) is 4.96 Å². The van der Waals surface area contributed by atoms with Crippen molar-refractivity contribution in [2.45, 2.75) is 32.2 Å². The van der Waals surface area contributed by atoms with E-state index in [9.17, 15) is 0 Å². The fraction of sp³-hybridized carbons (Fsp3) is 0.462. The van der Waals surface area contributed by atoms with Crippen LogP contribution < -0.4 is 5.32 Å². The highest BCUT2D eigenvalue weighted by molar-refractivity contribution is 7.20. The Hall–Kier alpha value is -1.89. The number of aryl methyl sites for hydroxylation is 2. The first-order valence-corrected chi connectivity index (χ1v) is 7.62. The van der Waals surface area contributed by atoms with Gasteiger partial charge in [-0.2, -0.15) is 5.10 Å². The number of nitrogens with one attached hydrogen (secondary N) is 1. The maximum absolute atomic E-state index is 4.54. The molecule has 1 aliphatic carbocycles. The van der Waals surface area contributed by atoms with E-state index < -0.39 is 0 Å². The molecule has 4 rings (SSSR count). The largest absolute Gasteiger partial charge is 0.353 e. The highest BCUT2D eigenvalue weighted by atomic mass is 32.1. The molecule has 0 radical (unpaired) electrons. The molecule has 1 unspecified atom stereocenters. The molecule has 0 saturated carbocycles. The number of hydrogen-bond donors (Lipinski definition) is 1. The van der Waals surface area contributed by atoms with Crippen LogP contribution in [0.3, 0.4) is 0 Å². The summed E-state index contributed by atoms with van der Waals surface area (Å²) >= 11 is 1.60. The first-order chi connectivity index (χ1) is 9.70. The molecule has 0 saturated heterocycles. The minimum Gasteiger partial charge on any atom is -0.353 e. The van der Waals surface area contributed by atoms with Gasteiger partial charge in [-0.15, -0.1) is 5.10 Å². The molecule has 3 heterocycles. The second kappa shape index (κ2) is 4.31. The Morgan fingerprint density at radius 1 is 1.45 bits per heavy atom. The van der Waals surface area contributed by atoms with Crippen LogP contribution in [0.1, 0.15) is 35.8 Å². The molecule has 0 bridgehead atoms. The molecule has 0 aromatic carbocycles. The average molecular weight is 288 g/mol. The van der Waals surface area contributed by atoms with Crippen molar-refractivity contribution < 1.29 is 0 Å². The van der Waals surface area contributed by atoms with Gasteiger partial charge in [0, 0.05) is 18.3 Å². The van der Waals surface area contributed by atoms with E-state index in [4.69, 9.17) is 0 Å². The van der Waals surface area contributed by atoms with E-state index in [2.05, 4.69) is 20.5 Å². The van der Waals surface area contributed by atoms with Crippen molar-refractivity contribution in [3.8, 4) is 0 Å². The summed E-state index contributed by atoms with van der Waals surface area (Å²) in [6, 6.07) is 0.310. The highest BCUT2D eigenvalue weighted by Gasteiger charge is 2.24. The molecule has 104 valence electrons. The molecule has 3 aromatic heterocycles. The standard InChI is InChI=1S/C13H16N6S/c1-8-7-19-13(15-8)20-12(17-19)16-10-4-3-5-11-9(10)6-14-18(11)2/h6-7,10H,3-5H2,1-2H3,(H,16,17). The van der Waals surface area contributed by atoms with E-state index in [0.29, 0.717) is 6.04 Å². The molecular weight excluding hydrogens is 272 g/mol. The Morgan fingerprint density at radius 3 is 3.20 bits per heavy atom. The van der Waals surface area contributed by atoms with Crippen molar-refractivity contribution in [1.82, 2.24) is 24.4 Å². The summed E-state index contributed by atoms with van der Waals surface area (Å²) in [5, 5.41) is 13.4. The van der Waals surface area contributed by atoms with Crippen molar-refractivity contribution >= 4 is 21.4 Å². The lowest BCUT2D eigenvalue weighted by molar-refractivity contribution is 0.570. The lowest BCUT2D eigenvalue weighted by Gasteiger charge is -2.23. The topological polar surface area (TPSA) is 60.0 Å². The summed E-state index contributed by atoms with van der Waals surface area (Å²) < 4.78 is 3.83. The minimum absolute atomic E-state index is 0.310. The third kappa shape index (κ3) is 1.81. The summed E-state index contributed by atoms with van der Waals surface area (Å²) in [6.07, 6.45) is 7.36. The molecular formula is C13H16N6S. The summed E-state index contributed by atoms with van der Waals surface area (Å²) in [7, 11) is 2.02. The van der Waals surface area contributed by atoms with Crippen LogP contribution in [0.5, 0.6) is 0 Å². The second-order valence-electron chi connectivity index (χ2n) is 5.28. The fourth-order valence-electron chi connectivity index (χ4n) is 2.87. The fourth-order valence-corrected chi connectivity index (χ4v) is 3.75. The first-order valence-electron chi connectivity index (χ1n) is 6.81. The van der Waals surface area contributed by atoms with E-state index in [1.807, 2.05) is 35.6 Å². The summed E-state index contributed by atoms with van der Waals surface area (Å²) in [4.78, 5) is 5.38. The SMILES string of the molecule is Cc1cn2nc(NC3CCCc4c3cnn4C)sc2n1. The minimum atomic E-state index is 0.310. The molecule has 1 atom stereocenters. The van der Waals surface area contributed by atoms with E-state index in [1.54, 1.807) is 11.3 Å². The number of nitrogens with zero attached hydrogens (tertiary/aromatic N) is 5. The first kappa shape index (κ1) is 11.9. The molecule has 7 heteroatoms. The van der Waals surface area contributed by atoms with Crippen molar-refractivity contribution in [2.24, 2.45) is 7.05 Å². The summed E-state index contributed by atoms with van der Waals surface area (Å²) in [6.45, 7) is 1.98. The van der Waals surface area contributed by atoms with Crippen molar-refractivity contribution in [3.05, 3.63) is 29.3 Å². The number of anilines is 1. The highest BCUT2D eigenvalue weighted by Crippen LogP contribution is 2.33. The van der Waals surface area contributed by atoms with Crippen LogP contribution in [0.4, 0.5) is 5.13 Å². The number of fused-ring (bicyclic) bond motifs is 2. The van der Waals surface area contributed by atoms with Crippen LogP contribution in [0.15, 0.2) is 12.4 Å². The zero-order valence-electron chi connectivity index (χ0n) is 11.5. The predicted octanol–water partition coefficient (Wildman–Crippen LogP) is 2.32. The zero-order chi connectivity index (χ0) is 13.7. The van der Waals surface area contributed by atoms with Crippen molar-refractivity contribution in [3.63, 3.8) is 0 Å². The molecule has 0 aliphatic heterocycles. The lowest BCUT2D eigenvalue weighted by Crippen LogP contribution is -2.17. The van der Waals surface area contributed by atoms with Crippen LogP contribution in [0.2, 0.25) is 0 Å². The van der Waals surface area contributed by atoms with Gasteiger partial charge in [-0.25, -0.2) is 9.50 Å². The Kier molecular flexibility index (Phi) is 2.56. The van der Waals surface area contributed by atoms with Crippen molar-refractivity contribution in [1.29, 1.82) is 0 Å². The van der Waals surface area contributed by atoms with Gasteiger partial charge in [0.05, 0.1) is 24.1 Å². The van der Waals surface area contributed by atoms with Gasteiger partial charge in [-0.1, -0.05) is 11.3 Å².